The van der Waals surface area contributed by atoms with Gasteiger partial charge in [-0.05, 0) is 19.4 Å². The zero-order valence-electron chi connectivity index (χ0n) is 5.75. The molecule has 1 rings (SSSR count). The molecule has 0 bridgehead atoms. The fourth-order valence-electron chi connectivity index (χ4n) is 1.37. The van der Waals surface area contributed by atoms with Crippen molar-refractivity contribution < 1.29 is 5.11 Å². The topological polar surface area (TPSA) is 23.5 Å². The van der Waals surface area contributed by atoms with Crippen molar-refractivity contribution in [2.75, 3.05) is 6.54 Å². The summed E-state index contributed by atoms with van der Waals surface area (Å²) in [4.78, 5) is 1.73. The summed E-state index contributed by atoms with van der Waals surface area (Å²) in [5.74, 6) is 0. The second-order valence-electron chi connectivity index (χ2n) is 2.57. The lowest BCUT2D eigenvalue weighted by Crippen LogP contribution is -2.32. The van der Waals surface area contributed by atoms with E-state index in [0.29, 0.717) is 0 Å². The van der Waals surface area contributed by atoms with Crippen LogP contribution in [0.5, 0.6) is 0 Å². The van der Waals surface area contributed by atoms with E-state index in [1.807, 2.05) is 6.92 Å². The summed E-state index contributed by atoms with van der Waals surface area (Å²) in [5, 5.41) is 9.24. The van der Waals surface area contributed by atoms with Crippen LogP contribution in [0.1, 0.15) is 19.8 Å². The van der Waals surface area contributed by atoms with E-state index in [1.54, 1.807) is 4.81 Å². The molecule has 0 amide bonds. The van der Waals surface area contributed by atoms with Gasteiger partial charge in [0.2, 0.25) is 0 Å². The Balaban J connectivity index is 2.44. The van der Waals surface area contributed by atoms with E-state index in [1.165, 1.54) is 0 Å². The molecule has 1 fully saturated rings. The highest BCUT2D eigenvalue weighted by Crippen LogP contribution is 2.17. The van der Waals surface area contributed by atoms with Crippen LogP contribution < -0.4 is 0 Å². The summed E-state index contributed by atoms with van der Waals surface area (Å²) in [6.45, 7) is 2.87. The smallest absolute Gasteiger partial charge is 0.182 e. The first-order chi connectivity index (χ1) is 4.25. The Morgan fingerprint density at radius 1 is 1.78 bits per heavy atom. The Labute approximate surface area is 57.3 Å². The van der Waals surface area contributed by atoms with Gasteiger partial charge >= 0.3 is 0 Å². The molecular weight excluding hydrogens is 113 g/mol. The van der Waals surface area contributed by atoms with Crippen LogP contribution in [0.2, 0.25) is 0 Å². The zero-order valence-corrected chi connectivity index (χ0v) is 5.75. The molecule has 50 valence electrons. The molecule has 3 heteroatoms. The maximum absolute atomic E-state index is 9.24. The van der Waals surface area contributed by atoms with Crippen LogP contribution in [0, 0.1) is 0 Å². The van der Waals surface area contributed by atoms with Gasteiger partial charge in [-0.15, -0.1) is 0 Å². The second kappa shape index (κ2) is 2.71. The predicted molar refractivity (Wildman–Crippen MR) is 37.2 cm³/mol. The molecule has 0 spiro atoms. The number of hydrogen-bond donors (Lipinski definition) is 1. The van der Waals surface area contributed by atoms with E-state index in [-0.39, 0.29) is 12.1 Å². The quantitative estimate of drug-likeness (QED) is 0.495. The van der Waals surface area contributed by atoms with Crippen LogP contribution in [0.15, 0.2) is 0 Å². The Morgan fingerprint density at radius 3 is 2.67 bits per heavy atom. The van der Waals surface area contributed by atoms with Crippen molar-refractivity contribution >= 4 is 7.98 Å². The van der Waals surface area contributed by atoms with Gasteiger partial charge in [0.15, 0.2) is 7.98 Å². The lowest BCUT2D eigenvalue weighted by atomic mass is 10.1. The van der Waals surface area contributed by atoms with Crippen LogP contribution in [-0.4, -0.2) is 36.6 Å². The summed E-state index contributed by atoms with van der Waals surface area (Å²) in [6, 6.07) is 0.199. The highest BCUT2D eigenvalue weighted by molar-refractivity contribution is 6.04. The van der Waals surface area contributed by atoms with Gasteiger partial charge in [0, 0.05) is 6.04 Å². The monoisotopic (exact) mass is 125 g/mol. The molecule has 1 unspecified atom stereocenters. The molecule has 1 heterocycles. The molecule has 1 N–H and O–H groups in total. The maximum atomic E-state index is 9.24. The molecule has 2 atom stereocenters. The van der Waals surface area contributed by atoms with Crippen LogP contribution in [0.4, 0.5) is 0 Å². The Bertz CT molecular complexity index is 89.1. The SMILES string of the molecule is [B]N1CCC(O)[C@@H]1CC. The molecule has 0 aromatic carbocycles. The second-order valence-corrected chi connectivity index (χ2v) is 2.57. The van der Waals surface area contributed by atoms with E-state index in [9.17, 15) is 5.11 Å². The Hall–Kier alpha value is -0.0151. The van der Waals surface area contributed by atoms with Gasteiger partial charge in [0.05, 0.1) is 6.10 Å². The average molecular weight is 125 g/mol. The summed E-state index contributed by atoms with van der Waals surface area (Å²) in [6.07, 6.45) is 1.58. The molecule has 0 aromatic heterocycles. The fraction of sp³-hybridized carbons (Fsp3) is 1.00. The van der Waals surface area contributed by atoms with Crippen molar-refractivity contribution in [1.29, 1.82) is 0 Å². The largest absolute Gasteiger partial charge is 0.391 e. The summed E-state index contributed by atoms with van der Waals surface area (Å²) in [5.41, 5.74) is 0. The fourth-order valence-corrected chi connectivity index (χ4v) is 1.37. The van der Waals surface area contributed by atoms with E-state index in [2.05, 4.69) is 0 Å². The zero-order chi connectivity index (χ0) is 6.85. The predicted octanol–water partition coefficient (Wildman–Crippen LogP) is -0.0849. The van der Waals surface area contributed by atoms with Gasteiger partial charge in [-0.1, -0.05) is 6.92 Å². The minimum Gasteiger partial charge on any atom is -0.391 e. The van der Waals surface area contributed by atoms with Crippen LogP contribution in [-0.2, 0) is 0 Å². The van der Waals surface area contributed by atoms with Crippen LogP contribution in [0.25, 0.3) is 0 Å². The average Bonchev–Trinajstić information content (AvgIpc) is 2.12. The highest BCUT2D eigenvalue weighted by atomic mass is 16.3. The van der Waals surface area contributed by atoms with Crippen molar-refractivity contribution in [2.24, 2.45) is 0 Å². The summed E-state index contributed by atoms with van der Waals surface area (Å²) >= 11 is 0. The summed E-state index contributed by atoms with van der Waals surface area (Å²) < 4.78 is 0. The van der Waals surface area contributed by atoms with E-state index < -0.39 is 0 Å². The lowest BCUT2D eigenvalue weighted by molar-refractivity contribution is 0.141. The Kier molecular flexibility index (Phi) is 2.14. The molecule has 0 aromatic rings. The van der Waals surface area contributed by atoms with E-state index in [0.717, 1.165) is 19.4 Å². The van der Waals surface area contributed by atoms with Crippen molar-refractivity contribution in [3.63, 3.8) is 0 Å². The first-order valence-electron chi connectivity index (χ1n) is 3.45. The van der Waals surface area contributed by atoms with E-state index in [4.69, 9.17) is 7.98 Å². The third kappa shape index (κ3) is 1.27. The number of hydrogen-bond acceptors (Lipinski definition) is 2. The molecule has 9 heavy (non-hydrogen) atoms. The minimum atomic E-state index is -0.194. The Morgan fingerprint density at radius 2 is 2.44 bits per heavy atom. The molecule has 0 aliphatic carbocycles. The van der Waals surface area contributed by atoms with Gasteiger partial charge in [-0.25, -0.2) is 0 Å². The first-order valence-corrected chi connectivity index (χ1v) is 3.45. The van der Waals surface area contributed by atoms with Gasteiger partial charge in [-0.2, -0.15) is 0 Å². The first kappa shape index (κ1) is 7.10. The molecule has 2 nitrogen and oxygen atoms in total. The van der Waals surface area contributed by atoms with Crippen molar-refractivity contribution in [3.8, 4) is 0 Å². The molecule has 1 aliphatic heterocycles. The van der Waals surface area contributed by atoms with Gasteiger partial charge in [-0.3, -0.25) is 0 Å². The summed E-state index contributed by atoms with van der Waals surface area (Å²) in [7, 11) is 5.55. The minimum absolute atomic E-state index is 0.194. The van der Waals surface area contributed by atoms with Gasteiger partial charge < -0.3 is 9.92 Å². The van der Waals surface area contributed by atoms with Crippen LogP contribution >= 0.6 is 0 Å². The van der Waals surface area contributed by atoms with Crippen molar-refractivity contribution in [2.45, 2.75) is 31.9 Å². The normalized spacial score (nSPS) is 37.6. The molecule has 1 saturated heterocycles. The molecule has 2 radical (unpaired) electrons. The molecular formula is C6H12BNO. The van der Waals surface area contributed by atoms with Gasteiger partial charge in [0.25, 0.3) is 0 Å². The lowest BCUT2D eigenvalue weighted by Gasteiger charge is -2.20. The molecule has 0 saturated carbocycles. The maximum Gasteiger partial charge on any atom is 0.182 e. The van der Waals surface area contributed by atoms with Gasteiger partial charge in [0.1, 0.15) is 0 Å². The number of aliphatic hydroxyl groups excluding tert-OH is 1. The number of rotatable bonds is 1. The standard InChI is InChI=1S/C6H12BNO/c1-2-5-6(9)3-4-8(5)7/h5-6,9H,2-4H2,1H3/t5-,6?/m0/s1. The number of nitrogens with zero attached hydrogens (tertiary/aromatic N) is 1. The van der Waals surface area contributed by atoms with Crippen molar-refractivity contribution in [3.05, 3.63) is 0 Å². The third-order valence-electron chi connectivity index (χ3n) is 1.97. The number of aliphatic hydroxyl groups is 1. The van der Waals surface area contributed by atoms with Crippen LogP contribution in [0.3, 0.4) is 0 Å². The third-order valence-corrected chi connectivity index (χ3v) is 1.97. The molecule has 1 aliphatic rings. The van der Waals surface area contributed by atoms with Crippen molar-refractivity contribution in [1.82, 2.24) is 4.81 Å². The highest BCUT2D eigenvalue weighted by Gasteiger charge is 2.27. The van der Waals surface area contributed by atoms with E-state index >= 15 is 0 Å².